The molecule has 146 valence electrons. The molecule has 0 fully saturated rings. The van der Waals surface area contributed by atoms with Crippen molar-refractivity contribution >= 4 is 5.91 Å². The van der Waals surface area contributed by atoms with Crippen molar-refractivity contribution in [3.8, 4) is 16.9 Å². The Morgan fingerprint density at radius 3 is 2.48 bits per heavy atom. The molecular formula is C24H23N3O2. The normalized spacial score (nSPS) is 10.9. The fourth-order valence-corrected chi connectivity index (χ4v) is 3.14. The van der Waals surface area contributed by atoms with Gasteiger partial charge in [0.25, 0.3) is 5.91 Å². The molecule has 2 aromatic heterocycles. The number of rotatable bonds is 5. The average molecular weight is 385 g/mol. The van der Waals surface area contributed by atoms with E-state index in [1.54, 1.807) is 17.0 Å². The van der Waals surface area contributed by atoms with Crippen molar-refractivity contribution in [2.45, 2.75) is 27.3 Å². The van der Waals surface area contributed by atoms with Crippen molar-refractivity contribution in [1.82, 2.24) is 15.1 Å². The largest absolute Gasteiger partial charge is 0.467 e. The summed E-state index contributed by atoms with van der Waals surface area (Å²) in [5, 5.41) is 7.66. The second kappa shape index (κ2) is 7.80. The van der Waals surface area contributed by atoms with Gasteiger partial charge in [0, 0.05) is 5.56 Å². The standard InChI is InChI=1S/C24H23N3O2/c1-16-6-10-20(11-7-16)27-23(24(28)25-15-21-5-4-12-29-21)14-22(26-27)19-9-8-17(2)18(3)13-19/h4-14H,15H2,1-3H3,(H,25,28). The number of amides is 1. The van der Waals surface area contributed by atoms with Crippen molar-refractivity contribution < 1.29 is 9.21 Å². The van der Waals surface area contributed by atoms with Gasteiger partial charge in [-0.25, -0.2) is 4.68 Å². The Morgan fingerprint density at radius 2 is 1.79 bits per heavy atom. The molecule has 5 heteroatoms. The lowest BCUT2D eigenvalue weighted by atomic mass is 10.0. The molecule has 0 saturated carbocycles. The van der Waals surface area contributed by atoms with Gasteiger partial charge in [-0.2, -0.15) is 5.10 Å². The van der Waals surface area contributed by atoms with E-state index >= 15 is 0 Å². The van der Waals surface area contributed by atoms with E-state index < -0.39 is 0 Å². The number of aryl methyl sites for hydroxylation is 3. The third kappa shape index (κ3) is 3.99. The zero-order valence-electron chi connectivity index (χ0n) is 16.8. The van der Waals surface area contributed by atoms with Gasteiger partial charge in [0.2, 0.25) is 0 Å². The first-order chi connectivity index (χ1) is 14.0. The van der Waals surface area contributed by atoms with Crippen molar-refractivity contribution in [3.63, 3.8) is 0 Å². The number of nitrogens with one attached hydrogen (secondary N) is 1. The zero-order chi connectivity index (χ0) is 20.4. The molecule has 0 aliphatic heterocycles. The Hall–Kier alpha value is -3.60. The van der Waals surface area contributed by atoms with Gasteiger partial charge in [-0.05, 0) is 68.3 Å². The molecule has 0 spiro atoms. The molecule has 2 heterocycles. The minimum atomic E-state index is -0.204. The SMILES string of the molecule is Cc1ccc(-n2nc(-c3ccc(C)c(C)c3)cc2C(=O)NCc2ccco2)cc1. The van der Waals surface area contributed by atoms with Gasteiger partial charge in [0.15, 0.2) is 0 Å². The van der Waals surface area contributed by atoms with Crippen LogP contribution in [-0.4, -0.2) is 15.7 Å². The lowest BCUT2D eigenvalue weighted by molar-refractivity contribution is 0.0940. The molecule has 0 atom stereocenters. The molecule has 0 radical (unpaired) electrons. The molecule has 29 heavy (non-hydrogen) atoms. The van der Waals surface area contributed by atoms with Gasteiger partial charge in [-0.15, -0.1) is 0 Å². The maximum absolute atomic E-state index is 13.0. The molecule has 1 N–H and O–H groups in total. The van der Waals surface area contributed by atoms with Gasteiger partial charge in [0.1, 0.15) is 11.5 Å². The van der Waals surface area contributed by atoms with Crippen LogP contribution in [0.4, 0.5) is 0 Å². The van der Waals surface area contributed by atoms with Gasteiger partial charge in [0.05, 0.1) is 24.2 Å². The molecule has 0 aliphatic rings. The Kier molecular flexibility index (Phi) is 5.04. The maximum atomic E-state index is 13.0. The highest BCUT2D eigenvalue weighted by molar-refractivity contribution is 5.94. The van der Waals surface area contributed by atoms with Crippen molar-refractivity contribution in [2.24, 2.45) is 0 Å². The summed E-state index contributed by atoms with van der Waals surface area (Å²) in [5.41, 5.74) is 6.64. The van der Waals surface area contributed by atoms with Crippen LogP contribution >= 0.6 is 0 Å². The number of hydrogen-bond donors (Lipinski definition) is 1. The van der Waals surface area contributed by atoms with E-state index in [-0.39, 0.29) is 5.91 Å². The number of carbonyl (C=O) groups excluding carboxylic acids is 1. The van der Waals surface area contributed by atoms with Crippen LogP contribution in [0.3, 0.4) is 0 Å². The molecule has 4 aromatic rings. The summed E-state index contributed by atoms with van der Waals surface area (Å²) >= 11 is 0. The van der Waals surface area contributed by atoms with E-state index in [1.807, 2.05) is 49.4 Å². The highest BCUT2D eigenvalue weighted by atomic mass is 16.3. The average Bonchev–Trinajstić information content (AvgIpc) is 3.39. The van der Waals surface area contributed by atoms with Crippen LogP contribution in [0.2, 0.25) is 0 Å². The van der Waals surface area contributed by atoms with Gasteiger partial charge < -0.3 is 9.73 Å². The van der Waals surface area contributed by atoms with E-state index in [4.69, 9.17) is 9.52 Å². The van der Waals surface area contributed by atoms with Crippen molar-refractivity contribution in [3.05, 3.63) is 95.1 Å². The molecule has 2 aromatic carbocycles. The maximum Gasteiger partial charge on any atom is 0.270 e. The van der Waals surface area contributed by atoms with Crippen molar-refractivity contribution in [1.29, 1.82) is 0 Å². The minimum absolute atomic E-state index is 0.204. The molecule has 0 unspecified atom stereocenters. The molecule has 0 aliphatic carbocycles. The predicted molar refractivity (Wildman–Crippen MR) is 113 cm³/mol. The van der Waals surface area contributed by atoms with Crippen LogP contribution in [0.1, 0.15) is 32.9 Å². The predicted octanol–water partition coefficient (Wildman–Crippen LogP) is 4.99. The summed E-state index contributed by atoms with van der Waals surface area (Å²) in [7, 11) is 0. The fourth-order valence-electron chi connectivity index (χ4n) is 3.14. The summed E-state index contributed by atoms with van der Waals surface area (Å²) in [6, 6.07) is 19.6. The number of nitrogens with zero attached hydrogens (tertiary/aromatic N) is 2. The van der Waals surface area contributed by atoms with Gasteiger partial charge in [-0.3, -0.25) is 4.79 Å². The van der Waals surface area contributed by atoms with Crippen molar-refractivity contribution in [2.75, 3.05) is 0 Å². The molecule has 1 amide bonds. The van der Waals surface area contributed by atoms with Crippen LogP contribution < -0.4 is 5.32 Å². The van der Waals surface area contributed by atoms with E-state index in [2.05, 4.69) is 31.3 Å². The fraction of sp³-hybridized carbons (Fsp3) is 0.167. The van der Waals surface area contributed by atoms with E-state index in [0.29, 0.717) is 18.0 Å². The number of carbonyl (C=O) groups is 1. The number of benzene rings is 2. The summed E-state index contributed by atoms with van der Waals surface area (Å²) < 4.78 is 7.01. The Bertz CT molecular complexity index is 1140. The highest BCUT2D eigenvalue weighted by Crippen LogP contribution is 2.24. The Morgan fingerprint density at radius 1 is 1.00 bits per heavy atom. The first kappa shape index (κ1) is 18.7. The number of aromatic nitrogens is 2. The number of furan rings is 1. The molecule has 4 rings (SSSR count). The zero-order valence-corrected chi connectivity index (χ0v) is 16.8. The van der Waals surface area contributed by atoms with E-state index in [1.165, 1.54) is 11.1 Å². The topological polar surface area (TPSA) is 60.1 Å². The highest BCUT2D eigenvalue weighted by Gasteiger charge is 2.18. The minimum Gasteiger partial charge on any atom is -0.467 e. The third-order valence-electron chi connectivity index (χ3n) is 5.03. The number of hydrogen-bond acceptors (Lipinski definition) is 3. The second-order valence-electron chi connectivity index (χ2n) is 7.22. The lowest BCUT2D eigenvalue weighted by Crippen LogP contribution is -2.25. The molecular weight excluding hydrogens is 362 g/mol. The summed E-state index contributed by atoms with van der Waals surface area (Å²) in [6.45, 7) is 6.51. The quantitative estimate of drug-likeness (QED) is 0.527. The third-order valence-corrected chi connectivity index (χ3v) is 5.03. The smallest absolute Gasteiger partial charge is 0.270 e. The van der Waals surface area contributed by atoms with E-state index in [0.717, 1.165) is 22.5 Å². The van der Waals surface area contributed by atoms with Crippen LogP contribution in [0.5, 0.6) is 0 Å². The molecule has 5 nitrogen and oxygen atoms in total. The van der Waals surface area contributed by atoms with Crippen LogP contribution in [0, 0.1) is 20.8 Å². The first-order valence-corrected chi connectivity index (χ1v) is 9.56. The van der Waals surface area contributed by atoms with Gasteiger partial charge >= 0.3 is 0 Å². The molecule has 0 saturated heterocycles. The Balaban J connectivity index is 1.72. The second-order valence-corrected chi connectivity index (χ2v) is 7.22. The van der Waals surface area contributed by atoms with E-state index in [9.17, 15) is 4.79 Å². The Labute approximate surface area is 170 Å². The first-order valence-electron chi connectivity index (χ1n) is 9.56. The summed E-state index contributed by atoms with van der Waals surface area (Å²) in [4.78, 5) is 13.0. The van der Waals surface area contributed by atoms with Crippen LogP contribution in [-0.2, 0) is 6.54 Å². The monoisotopic (exact) mass is 385 g/mol. The summed E-state index contributed by atoms with van der Waals surface area (Å²) in [5.74, 6) is 0.499. The lowest BCUT2D eigenvalue weighted by Gasteiger charge is -2.08. The molecule has 0 bridgehead atoms. The van der Waals surface area contributed by atoms with Crippen LogP contribution in [0.15, 0.2) is 71.3 Å². The summed E-state index contributed by atoms with van der Waals surface area (Å²) in [6.07, 6.45) is 1.59. The van der Waals surface area contributed by atoms with Crippen LogP contribution in [0.25, 0.3) is 16.9 Å². The van der Waals surface area contributed by atoms with Gasteiger partial charge in [-0.1, -0.05) is 29.8 Å².